The SMILES string of the molecule is CS(=O)(=O)c1ccc(C(=O)NCc2cccc(Oc3ccccc3)c2)cc1. The van der Waals surface area contributed by atoms with Gasteiger partial charge in [-0.05, 0) is 54.1 Å². The Morgan fingerprint density at radius 3 is 2.22 bits per heavy atom. The minimum absolute atomic E-state index is 0.185. The lowest BCUT2D eigenvalue weighted by atomic mass is 10.2. The molecule has 0 fully saturated rings. The summed E-state index contributed by atoms with van der Waals surface area (Å²) in [5, 5.41) is 2.82. The minimum Gasteiger partial charge on any atom is -0.457 e. The Hall–Kier alpha value is -3.12. The molecule has 138 valence electrons. The fraction of sp³-hybridized carbons (Fsp3) is 0.0952. The predicted octanol–water partition coefficient (Wildman–Crippen LogP) is 3.81. The van der Waals surface area contributed by atoms with Gasteiger partial charge < -0.3 is 10.1 Å². The molecule has 0 aliphatic heterocycles. The third-order valence-electron chi connectivity index (χ3n) is 3.88. The van der Waals surface area contributed by atoms with Gasteiger partial charge in [-0.25, -0.2) is 8.42 Å². The molecule has 1 amide bonds. The number of hydrogen-bond donors (Lipinski definition) is 1. The summed E-state index contributed by atoms with van der Waals surface area (Å²) in [5.41, 5.74) is 1.30. The van der Waals surface area contributed by atoms with E-state index < -0.39 is 9.84 Å². The number of benzene rings is 3. The molecule has 0 saturated carbocycles. The number of carbonyl (C=O) groups excluding carboxylic acids is 1. The Labute approximate surface area is 158 Å². The number of para-hydroxylation sites is 1. The standard InChI is InChI=1S/C21H19NO4S/c1-27(24,25)20-12-10-17(11-13-20)21(23)22-15-16-6-5-9-19(14-16)26-18-7-3-2-4-8-18/h2-14H,15H2,1H3,(H,22,23). The molecule has 0 aromatic heterocycles. The Kier molecular flexibility index (Phi) is 5.57. The highest BCUT2D eigenvalue weighted by Crippen LogP contribution is 2.21. The highest BCUT2D eigenvalue weighted by Gasteiger charge is 2.10. The average molecular weight is 381 g/mol. The molecule has 3 aromatic carbocycles. The van der Waals surface area contributed by atoms with E-state index >= 15 is 0 Å². The number of ether oxygens (including phenoxy) is 1. The summed E-state index contributed by atoms with van der Waals surface area (Å²) in [4.78, 5) is 12.4. The highest BCUT2D eigenvalue weighted by atomic mass is 32.2. The van der Waals surface area contributed by atoms with Crippen molar-refractivity contribution in [3.63, 3.8) is 0 Å². The first-order valence-corrected chi connectivity index (χ1v) is 10.2. The maximum absolute atomic E-state index is 12.3. The fourth-order valence-electron chi connectivity index (χ4n) is 2.48. The van der Waals surface area contributed by atoms with Gasteiger partial charge in [-0.1, -0.05) is 30.3 Å². The van der Waals surface area contributed by atoms with Gasteiger partial charge in [0.05, 0.1) is 4.90 Å². The van der Waals surface area contributed by atoms with E-state index in [-0.39, 0.29) is 10.8 Å². The van der Waals surface area contributed by atoms with E-state index in [0.29, 0.717) is 17.9 Å². The van der Waals surface area contributed by atoms with Crippen LogP contribution in [0.1, 0.15) is 15.9 Å². The number of rotatable bonds is 6. The zero-order valence-corrected chi connectivity index (χ0v) is 15.6. The maximum Gasteiger partial charge on any atom is 0.251 e. The Balaban J connectivity index is 1.63. The van der Waals surface area contributed by atoms with E-state index in [0.717, 1.165) is 17.6 Å². The summed E-state index contributed by atoms with van der Waals surface area (Å²) in [6.45, 7) is 0.332. The molecule has 0 bridgehead atoms. The first-order chi connectivity index (χ1) is 12.9. The minimum atomic E-state index is -3.28. The van der Waals surface area contributed by atoms with Gasteiger partial charge in [0.2, 0.25) is 0 Å². The van der Waals surface area contributed by atoms with Gasteiger partial charge in [0, 0.05) is 18.4 Å². The number of hydrogen-bond acceptors (Lipinski definition) is 4. The first kappa shape index (κ1) is 18.7. The molecule has 3 rings (SSSR count). The third-order valence-corrected chi connectivity index (χ3v) is 5.00. The van der Waals surface area contributed by atoms with Gasteiger partial charge in [0.25, 0.3) is 5.91 Å². The summed E-state index contributed by atoms with van der Waals surface area (Å²) in [7, 11) is -3.28. The molecule has 27 heavy (non-hydrogen) atoms. The van der Waals surface area contributed by atoms with Crippen molar-refractivity contribution in [2.45, 2.75) is 11.4 Å². The van der Waals surface area contributed by atoms with Gasteiger partial charge in [0.15, 0.2) is 9.84 Å². The summed E-state index contributed by atoms with van der Waals surface area (Å²) < 4.78 is 28.7. The van der Waals surface area contributed by atoms with Crippen molar-refractivity contribution < 1.29 is 17.9 Å². The molecule has 0 atom stereocenters. The fourth-order valence-corrected chi connectivity index (χ4v) is 3.11. The number of sulfone groups is 1. The van der Waals surface area contributed by atoms with Gasteiger partial charge in [0.1, 0.15) is 11.5 Å². The van der Waals surface area contributed by atoms with E-state index in [1.165, 1.54) is 24.3 Å². The summed E-state index contributed by atoms with van der Waals surface area (Å²) in [6.07, 6.45) is 1.13. The molecule has 0 radical (unpaired) electrons. The molecular weight excluding hydrogens is 362 g/mol. The summed E-state index contributed by atoms with van der Waals surface area (Å²) in [5.74, 6) is 1.15. The molecule has 0 aliphatic rings. The van der Waals surface area contributed by atoms with Crippen molar-refractivity contribution in [1.82, 2.24) is 5.32 Å². The molecule has 0 spiro atoms. The topological polar surface area (TPSA) is 72.5 Å². The molecule has 5 nitrogen and oxygen atoms in total. The van der Waals surface area contributed by atoms with E-state index in [2.05, 4.69) is 5.32 Å². The van der Waals surface area contributed by atoms with Crippen LogP contribution in [-0.4, -0.2) is 20.6 Å². The van der Waals surface area contributed by atoms with Crippen molar-refractivity contribution in [3.05, 3.63) is 90.0 Å². The van der Waals surface area contributed by atoms with E-state index in [1.807, 2.05) is 54.6 Å². The molecule has 6 heteroatoms. The van der Waals surface area contributed by atoms with Crippen LogP contribution in [0, 0.1) is 0 Å². The predicted molar refractivity (Wildman–Crippen MR) is 104 cm³/mol. The van der Waals surface area contributed by atoms with Crippen molar-refractivity contribution in [2.75, 3.05) is 6.26 Å². The van der Waals surface area contributed by atoms with Crippen LogP contribution in [0.2, 0.25) is 0 Å². The molecule has 0 aliphatic carbocycles. The van der Waals surface area contributed by atoms with Crippen LogP contribution in [0.4, 0.5) is 0 Å². The Bertz CT molecular complexity index is 1030. The molecule has 0 unspecified atom stereocenters. The number of nitrogens with one attached hydrogen (secondary N) is 1. The van der Waals surface area contributed by atoms with Crippen LogP contribution in [0.25, 0.3) is 0 Å². The van der Waals surface area contributed by atoms with Crippen LogP contribution in [-0.2, 0) is 16.4 Å². The summed E-state index contributed by atoms with van der Waals surface area (Å²) >= 11 is 0. The van der Waals surface area contributed by atoms with Gasteiger partial charge in [-0.2, -0.15) is 0 Å². The zero-order chi connectivity index (χ0) is 19.3. The van der Waals surface area contributed by atoms with Crippen molar-refractivity contribution in [1.29, 1.82) is 0 Å². The molecule has 0 heterocycles. The van der Waals surface area contributed by atoms with Crippen LogP contribution < -0.4 is 10.1 Å². The van der Waals surface area contributed by atoms with E-state index in [4.69, 9.17) is 4.74 Å². The molecular formula is C21H19NO4S. The van der Waals surface area contributed by atoms with Crippen LogP contribution >= 0.6 is 0 Å². The van der Waals surface area contributed by atoms with Crippen molar-refractivity contribution in [3.8, 4) is 11.5 Å². The van der Waals surface area contributed by atoms with Gasteiger partial charge >= 0.3 is 0 Å². The second-order valence-electron chi connectivity index (χ2n) is 6.04. The lowest BCUT2D eigenvalue weighted by molar-refractivity contribution is 0.0950. The Morgan fingerprint density at radius 2 is 1.56 bits per heavy atom. The lowest BCUT2D eigenvalue weighted by Crippen LogP contribution is -2.22. The maximum atomic E-state index is 12.3. The molecule has 3 aromatic rings. The Morgan fingerprint density at radius 1 is 0.889 bits per heavy atom. The number of amides is 1. The smallest absolute Gasteiger partial charge is 0.251 e. The quantitative estimate of drug-likeness (QED) is 0.705. The van der Waals surface area contributed by atoms with E-state index in [9.17, 15) is 13.2 Å². The van der Waals surface area contributed by atoms with Crippen molar-refractivity contribution >= 4 is 15.7 Å². The highest BCUT2D eigenvalue weighted by molar-refractivity contribution is 7.90. The van der Waals surface area contributed by atoms with Gasteiger partial charge in [-0.3, -0.25) is 4.79 Å². The number of carbonyl (C=O) groups is 1. The van der Waals surface area contributed by atoms with Crippen LogP contribution in [0.5, 0.6) is 11.5 Å². The molecule has 1 N–H and O–H groups in total. The van der Waals surface area contributed by atoms with Crippen LogP contribution in [0.15, 0.2) is 83.8 Å². The molecule has 0 saturated heterocycles. The monoisotopic (exact) mass is 381 g/mol. The third kappa shape index (κ3) is 5.18. The zero-order valence-electron chi connectivity index (χ0n) is 14.8. The lowest BCUT2D eigenvalue weighted by Gasteiger charge is -2.09. The average Bonchev–Trinajstić information content (AvgIpc) is 2.67. The summed E-state index contributed by atoms with van der Waals surface area (Å²) in [6, 6.07) is 22.8. The largest absolute Gasteiger partial charge is 0.457 e. The normalized spacial score (nSPS) is 11.0. The first-order valence-electron chi connectivity index (χ1n) is 8.32. The van der Waals surface area contributed by atoms with Crippen LogP contribution in [0.3, 0.4) is 0 Å². The van der Waals surface area contributed by atoms with E-state index in [1.54, 1.807) is 0 Å². The second-order valence-corrected chi connectivity index (χ2v) is 8.06. The van der Waals surface area contributed by atoms with Gasteiger partial charge in [-0.15, -0.1) is 0 Å². The van der Waals surface area contributed by atoms with Crippen molar-refractivity contribution in [2.24, 2.45) is 0 Å². The second kappa shape index (κ2) is 8.05.